The fourth-order valence-corrected chi connectivity index (χ4v) is 1.54. The van der Waals surface area contributed by atoms with Crippen LogP contribution in [0.2, 0.25) is 0 Å². The van der Waals surface area contributed by atoms with Crippen molar-refractivity contribution in [1.82, 2.24) is 15.0 Å². The van der Waals surface area contributed by atoms with Gasteiger partial charge in [0.15, 0.2) is 0 Å². The molecule has 0 unspecified atom stereocenters. The normalized spacial score (nSPS) is 10.3. The molecule has 15 heavy (non-hydrogen) atoms. The van der Waals surface area contributed by atoms with Crippen molar-refractivity contribution in [2.75, 3.05) is 0 Å². The predicted octanol–water partition coefficient (Wildman–Crippen LogP) is 2.82. The van der Waals surface area contributed by atoms with Gasteiger partial charge < -0.3 is 4.98 Å². The molecule has 0 aliphatic heterocycles. The van der Waals surface area contributed by atoms with Gasteiger partial charge in [0.1, 0.15) is 10.5 Å². The maximum Gasteiger partial charge on any atom is 0.139 e. The van der Waals surface area contributed by atoms with E-state index in [-0.39, 0.29) is 0 Å². The molecule has 2 aromatic heterocycles. The number of H-pyrrole nitrogens is 1. The van der Waals surface area contributed by atoms with E-state index in [4.69, 9.17) is 12.2 Å². The minimum atomic E-state index is 0.651. The molecule has 0 radical (unpaired) electrons. The zero-order chi connectivity index (χ0) is 10.8. The number of rotatable bonds is 1. The summed E-state index contributed by atoms with van der Waals surface area (Å²) >= 11 is 5.18. The van der Waals surface area contributed by atoms with Gasteiger partial charge in [0.2, 0.25) is 0 Å². The molecule has 0 saturated heterocycles. The maximum absolute atomic E-state index is 5.18. The van der Waals surface area contributed by atoms with Crippen LogP contribution < -0.4 is 0 Å². The van der Waals surface area contributed by atoms with E-state index in [1.54, 1.807) is 12.4 Å². The molecule has 2 rings (SSSR count). The maximum atomic E-state index is 5.18. The lowest BCUT2D eigenvalue weighted by Crippen LogP contribution is -1.96. The Morgan fingerprint density at radius 3 is 2.47 bits per heavy atom. The van der Waals surface area contributed by atoms with Gasteiger partial charge >= 0.3 is 0 Å². The van der Waals surface area contributed by atoms with E-state index in [0.717, 1.165) is 22.6 Å². The van der Waals surface area contributed by atoms with Crippen molar-refractivity contribution in [3.8, 4) is 11.4 Å². The van der Waals surface area contributed by atoms with Crippen LogP contribution in [0.15, 0.2) is 24.5 Å². The summed E-state index contributed by atoms with van der Waals surface area (Å²) in [6.07, 6.45) is 3.48. The molecule has 1 N–H and O–H groups in total. The lowest BCUT2D eigenvalue weighted by Gasteiger charge is -2.05. The molecule has 3 nitrogen and oxygen atoms in total. The lowest BCUT2D eigenvalue weighted by atomic mass is 10.2. The van der Waals surface area contributed by atoms with Crippen LogP contribution in [-0.4, -0.2) is 15.0 Å². The van der Waals surface area contributed by atoms with Gasteiger partial charge in [-0.25, -0.2) is 4.98 Å². The van der Waals surface area contributed by atoms with Gasteiger partial charge in [0.25, 0.3) is 0 Å². The van der Waals surface area contributed by atoms with Crippen LogP contribution in [-0.2, 0) is 0 Å². The Hall–Kier alpha value is -1.55. The third-order valence-electron chi connectivity index (χ3n) is 2.36. The highest BCUT2D eigenvalue weighted by atomic mass is 32.1. The first kappa shape index (κ1) is 9.98. The molecule has 2 aromatic rings. The number of aromatic nitrogens is 3. The van der Waals surface area contributed by atoms with Crippen molar-refractivity contribution < 1.29 is 0 Å². The molecule has 4 heteroatoms. The van der Waals surface area contributed by atoms with Gasteiger partial charge in [-0.15, -0.1) is 0 Å². The van der Waals surface area contributed by atoms with E-state index < -0.39 is 0 Å². The second kappa shape index (κ2) is 3.90. The van der Waals surface area contributed by atoms with Gasteiger partial charge in [-0.1, -0.05) is 12.2 Å². The largest absolute Gasteiger partial charge is 0.343 e. The van der Waals surface area contributed by atoms with Crippen molar-refractivity contribution in [2.45, 2.75) is 13.8 Å². The summed E-state index contributed by atoms with van der Waals surface area (Å²) in [4.78, 5) is 11.5. The molecular formula is C11H11N3S. The molecule has 2 heterocycles. The Bertz CT molecular complexity index is 531. The average molecular weight is 217 g/mol. The molecule has 0 amide bonds. The number of hydrogen-bond acceptors (Lipinski definition) is 3. The van der Waals surface area contributed by atoms with E-state index in [2.05, 4.69) is 15.0 Å². The highest BCUT2D eigenvalue weighted by molar-refractivity contribution is 7.71. The smallest absolute Gasteiger partial charge is 0.139 e. The summed E-state index contributed by atoms with van der Waals surface area (Å²) < 4.78 is 0.651. The summed E-state index contributed by atoms with van der Waals surface area (Å²) in [5.41, 5.74) is 3.09. The van der Waals surface area contributed by atoms with E-state index in [0.29, 0.717) is 4.64 Å². The third-order valence-corrected chi connectivity index (χ3v) is 2.75. The number of aryl methyl sites for hydroxylation is 1. The van der Waals surface area contributed by atoms with Gasteiger partial charge in [-0.05, 0) is 26.0 Å². The quantitative estimate of drug-likeness (QED) is 0.747. The van der Waals surface area contributed by atoms with Crippen LogP contribution in [0.25, 0.3) is 11.4 Å². The molecule has 0 bridgehead atoms. The molecule has 0 aliphatic carbocycles. The van der Waals surface area contributed by atoms with E-state index >= 15 is 0 Å². The fraction of sp³-hybridized carbons (Fsp3) is 0.182. The lowest BCUT2D eigenvalue weighted by molar-refractivity contribution is 1.06. The topological polar surface area (TPSA) is 41.6 Å². The number of nitrogens with one attached hydrogen (secondary N) is 1. The van der Waals surface area contributed by atoms with E-state index in [1.807, 2.05) is 26.0 Å². The Kier molecular flexibility index (Phi) is 2.60. The van der Waals surface area contributed by atoms with E-state index in [1.165, 1.54) is 0 Å². The van der Waals surface area contributed by atoms with Crippen LogP contribution in [0, 0.1) is 18.5 Å². The summed E-state index contributed by atoms with van der Waals surface area (Å²) in [7, 11) is 0. The van der Waals surface area contributed by atoms with Crippen molar-refractivity contribution >= 4 is 12.2 Å². The average Bonchev–Trinajstić information content (AvgIpc) is 2.26. The van der Waals surface area contributed by atoms with Crippen molar-refractivity contribution in [3.05, 3.63) is 40.4 Å². The number of pyridine rings is 1. The highest BCUT2D eigenvalue weighted by Crippen LogP contribution is 2.15. The number of nitrogens with zero attached hydrogens (tertiary/aromatic N) is 2. The monoisotopic (exact) mass is 217 g/mol. The standard InChI is InChI=1S/C11H11N3S/c1-7-8(2)13-10(14-11(7)15)9-3-5-12-6-4-9/h3-6H,1-2H3,(H,13,14,15). The second-order valence-corrected chi connectivity index (χ2v) is 3.76. The molecule has 0 spiro atoms. The van der Waals surface area contributed by atoms with Crippen molar-refractivity contribution in [3.63, 3.8) is 0 Å². The molecule has 0 saturated carbocycles. The Morgan fingerprint density at radius 1 is 1.20 bits per heavy atom. The molecule has 0 fully saturated rings. The van der Waals surface area contributed by atoms with Crippen molar-refractivity contribution in [1.29, 1.82) is 0 Å². The molecular weight excluding hydrogens is 206 g/mol. The molecule has 76 valence electrons. The molecule has 0 aromatic carbocycles. The van der Waals surface area contributed by atoms with Crippen LogP contribution in [0.4, 0.5) is 0 Å². The first-order chi connectivity index (χ1) is 7.18. The number of hydrogen-bond donors (Lipinski definition) is 1. The first-order valence-corrected chi connectivity index (χ1v) is 5.07. The predicted molar refractivity (Wildman–Crippen MR) is 62.1 cm³/mol. The SMILES string of the molecule is Cc1[nH]c(-c2ccncc2)nc(=S)c1C. The van der Waals surface area contributed by atoms with E-state index in [9.17, 15) is 0 Å². The Balaban J connectivity index is 2.61. The minimum absolute atomic E-state index is 0.651. The summed E-state index contributed by atoms with van der Waals surface area (Å²) in [5, 5.41) is 0. The second-order valence-electron chi connectivity index (χ2n) is 3.38. The van der Waals surface area contributed by atoms with Crippen molar-refractivity contribution in [2.24, 2.45) is 0 Å². The Labute approximate surface area is 93.2 Å². The first-order valence-electron chi connectivity index (χ1n) is 4.66. The minimum Gasteiger partial charge on any atom is -0.343 e. The zero-order valence-corrected chi connectivity index (χ0v) is 9.43. The molecule has 0 aliphatic rings. The van der Waals surface area contributed by atoms with Gasteiger partial charge in [0, 0.05) is 29.2 Å². The van der Waals surface area contributed by atoms with Gasteiger partial charge in [-0.2, -0.15) is 0 Å². The fourth-order valence-electron chi connectivity index (χ4n) is 1.29. The molecule has 0 atom stereocenters. The Morgan fingerprint density at radius 2 is 1.87 bits per heavy atom. The van der Waals surface area contributed by atoms with Gasteiger partial charge in [-0.3, -0.25) is 4.98 Å². The van der Waals surface area contributed by atoms with Crippen LogP contribution in [0.5, 0.6) is 0 Å². The van der Waals surface area contributed by atoms with Gasteiger partial charge in [0.05, 0.1) is 0 Å². The summed E-state index contributed by atoms with van der Waals surface area (Å²) in [6.45, 7) is 3.97. The van der Waals surface area contributed by atoms with Crippen LogP contribution in [0.3, 0.4) is 0 Å². The summed E-state index contributed by atoms with van der Waals surface area (Å²) in [6, 6.07) is 3.81. The zero-order valence-electron chi connectivity index (χ0n) is 8.61. The van der Waals surface area contributed by atoms with Crippen LogP contribution >= 0.6 is 12.2 Å². The van der Waals surface area contributed by atoms with Crippen LogP contribution in [0.1, 0.15) is 11.3 Å². The number of aromatic amines is 1. The third kappa shape index (κ3) is 1.94. The summed E-state index contributed by atoms with van der Waals surface area (Å²) in [5.74, 6) is 0.797. The highest BCUT2D eigenvalue weighted by Gasteiger charge is 2.02.